The van der Waals surface area contributed by atoms with Gasteiger partial charge in [0, 0.05) is 49.6 Å². The highest BCUT2D eigenvalue weighted by molar-refractivity contribution is 5.90. The molecule has 2 fully saturated rings. The first-order valence-corrected chi connectivity index (χ1v) is 9.69. The number of nitrogens with one attached hydrogen (secondary N) is 1. The average molecular weight is 365 g/mol. The molecule has 0 radical (unpaired) electrons. The molecule has 1 N–H and O–H groups in total. The van der Waals surface area contributed by atoms with Gasteiger partial charge in [-0.25, -0.2) is 4.79 Å². The first-order valence-electron chi connectivity index (χ1n) is 9.69. The number of amides is 2. The van der Waals surface area contributed by atoms with E-state index >= 15 is 0 Å². The van der Waals surface area contributed by atoms with Gasteiger partial charge < -0.3 is 19.7 Å². The van der Waals surface area contributed by atoms with Crippen LogP contribution in [0.1, 0.15) is 44.1 Å². The molecular weight excluding hydrogens is 342 g/mol. The lowest BCUT2D eigenvalue weighted by Crippen LogP contribution is -2.36. The van der Waals surface area contributed by atoms with Crippen molar-refractivity contribution in [3.8, 4) is 11.5 Å². The molecule has 1 aliphatic heterocycles. The quantitative estimate of drug-likeness (QED) is 0.876. The molecular formula is C21H23N3O3. The highest BCUT2D eigenvalue weighted by Gasteiger charge is 2.44. The molecule has 2 aliphatic carbocycles. The minimum Gasteiger partial charge on any atom is -0.448 e. The number of hydrogen-bond donors (Lipinski definition) is 1. The van der Waals surface area contributed by atoms with Gasteiger partial charge in [-0.15, -0.1) is 0 Å². The van der Waals surface area contributed by atoms with Crippen LogP contribution in [0.3, 0.4) is 0 Å². The van der Waals surface area contributed by atoms with Gasteiger partial charge in [-0.1, -0.05) is 0 Å². The smallest absolute Gasteiger partial charge is 0.322 e. The van der Waals surface area contributed by atoms with E-state index in [9.17, 15) is 4.79 Å². The van der Waals surface area contributed by atoms with E-state index in [1.165, 1.54) is 0 Å². The first kappa shape index (κ1) is 16.4. The first-order chi connectivity index (χ1) is 13.2. The van der Waals surface area contributed by atoms with E-state index in [4.69, 9.17) is 9.47 Å². The summed E-state index contributed by atoms with van der Waals surface area (Å²) < 4.78 is 12.1. The second-order valence-corrected chi connectivity index (χ2v) is 7.63. The number of fused-ring (bicyclic) bond motifs is 1. The largest absolute Gasteiger partial charge is 0.448 e. The summed E-state index contributed by atoms with van der Waals surface area (Å²) in [4.78, 5) is 18.8. The van der Waals surface area contributed by atoms with E-state index in [1.54, 1.807) is 12.4 Å². The zero-order valence-corrected chi connectivity index (χ0v) is 15.2. The van der Waals surface area contributed by atoms with E-state index in [2.05, 4.69) is 10.3 Å². The molecule has 0 unspecified atom stereocenters. The summed E-state index contributed by atoms with van der Waals surface area (Å²) in [6, 6.07) is 9.78. The van der Waals surface area contributed by atoms with Gasteiger partial charge >= 0.3 is 6.03 Å². The third kappa shape index (κ3) is 3.31. The molecule has 3 aliphatic rings. The van der Waals surface area contributed by atoms with Crippen LogP contribution in [0.25, 0.3) is 0 Å². The maximum Gasteiger partial charge on any atom is 0.322 e. The van der Waals surface area contributed by atoms with Gasteiger partial charge in [0.15, 0.2) is 11.5 Å². The van der Waals surface area contributed by atoms with Crippen molar-refractivity contribution in [2.45, 2.75) is 56.9 Å². The highest BCUT2D eigenvalue weighted by Crippen LogP contribution is 2.47. The Kier molecular flexibility index (Phi) is 3.92. The lowest BCUT2D eigenvalue weighted by Gasteiger charge is -2.23. The fraction of sp³-hybridized carbons (Fsp3) is 0.429. The highest BCUT2D eigenvalue weighted by atomic mass is 16.7. The third-order valence-electron chi connectivity index (χ3n) is 5.50. The zero-order chi connectivity index (χ0) is 18.3. The molecule has 27 heavy (non-hydrogen) atoms. The van der Waals surface area contributed by atoms with Crippen molar-refractivity contribution in [3.05, 3.63) is 48.3 Å². The lowest BCUT2D eigenvalue weighted by molar-refractivity contribution is -0.0716. The normalized spacial score (nSPS) is 19.3. The van der Waals surface area contributed by atoms with Crippen LogP contribution in [0.5, 0.6) is 11.5 Å². The van der Waals surface area contributed by atoms with Gasteiger partial charge in [0.2, 0.25) is 0 Å². The van der Waals surface area contributed by atoms with Gasteiger partial charge in [0.25, 0.3) is 5.79 Å². The number of rotatable bonds is 4. The number of carbonyl (C=O) groups is 1. The van der Waals surface area contributed by atoms with E-state index in [0.29, 0.717) is 12.6 Å². The predicted octanol–water partition coefficient (Wildman–Crippen LogP) is 4.32. The summed E-state index contributed by atoms with van der Waals surface area (Å²) >= 11 is 0. The molecule has 0 saturated heterocycles. The average Bonchev–Trinajstić information content (AvgIpc) is 3.32. The maximum atomic E-state index is 12.9. The van der Waals surface area contributed by atoms with Crippen LogP contribution in [0.4, 0.5) is 10.5 Å². The minimum absolute atomic E-state index is 0.0799. The molecule has 0 bridgehead atoms. The summed E-state index contributed by atoms with van der Waals surface area (Å²) in [7, 11) is 0. The van der Waals surface area contributed by atoms with Crippen molar-refractivity contribution in [2.24, 2.45) is 0 Å². The van der Waals surface area contributed by atoms with Crippen LogP contribution in [-0.4, -0.2) is 27.7 Å². The molecule has 2 amide bonds. The van der Waals surface area contributed by atoms with Crippen molar-refractivity contribution < 1.29 is 14.3 Å². The second kappa shape index (κ2) is 6.44. The van der Waals surface area contributed by atoms with Crippen LogP contribution in [0.15, 0.2) is 42.7 Å². The zero-order valence-electron chi connectivity index (χ0n) is 15.2. The van der Waals surface area contributed by atoms with Crippen LogP contribution >= 0.6 is 0 Å². The number of carbonyl (C=O) groups excluding carboxylic acids is 1. The summed E-state index contributed by atoms with van der Waals surface area (Å²) in [5.74, 6) is 1.01. The Hall–Kier alpha value is -2.76. The lowest BCUT2D eigenvalue weighted by atomic mass is 10.2. The minimum atomic E-state index is -0.480. The molecule has 6 heteroatoms. The second-order valence-electron chi connectivity index (χ2n) is 7.63. The molecule has 6 nitrogen and oxygen atoms in total. The van der Waals surface area contributed by atoms with E-state index < -0.39 is 5.79 Å². The van der Waals surface area contributed by atoms with Crippen molar-refractivity contribution >= 4 is 11.7 Å². The Morgan fingerprint density at radius 2 is 1.85 bits per heavy atom. The summed E-state index contributed by atoms with van der Waals surface area (Å²) in [5, 5.41) is 3.03. The summed E-state index contributed by atoms with van der Waals surface area (Å²) in [5.41, 5.74) is 1.82. The third-order valence-corrected chi connectivity index (χ3v) is 5.50. The Balaban J connectivity index is 1.29. The van der Waals surface area contributed by atoms with Crippen LogP contribution in [-0.2, 0) is 6.54 Å². The van der Waals surface area contributed by atoms with E-state index in [-0.39, 0.29) is 6.03 Å². The van der Waals surface area contributed by atoms with Crippen molar-refractivity contribution in [1.82, 2.24) is 9.88 Å². The van der Waals surface area contributed by atoms with Crippen molar-refractivity contribution in [1.29, 1.82) is 0 Å². The van der Waals surface area contributed by atoms with Crippen LogP contribution in [0.2, 0.25) is 0 Å². The topological polar surface area (TPSA) is 63.7 Å². The summed E-state index contributed by atoms with van der Waals surface area (Å²) in [6.07, 6.45) is 9.73. The molecule has 140 valence electrons. The monoisotopic (exact) mass is 365 g/mol. The molecule has 1 aromatic heterocycles. The number of anilines is 1. The van der Waals surface area contributed by atoms with E-state index in [0.717, 1.165) is 61.3 Å². The van der Waals surface area contributed by atoms with Gasteiger partial charge in [0.1, 0.15) is 0 Å². The Labute approximate surface area is 158 Å². The van der Waals surface area contributed by atoms with Crippen LogP contribution in [0, 0.1) is 0 Å². The number of hydrogen-bond acceptors (Lipinski definition) is 4. The molecule has 2 aromatic rings. The molecule has 1 aromatic carbocycles. The fourth-order valence-corrected chi connectivity index (χ4v) is 3.92. The number of pyridine rings is 1. The summed E-state index contributed by atoms with van der Waals surface area (Å²) in [6.45, 7) is 0.590. The molecule has 2 saturated carbocycles. The Morgan fingerprint density at radius 1 is 1.11 bits per heavy atom. The number of nitrogens with zero attached hydrogens (tertiary/aromatic N) is 2. The van der Waals surface area contributed by atoms with Gasteiger partial charge in [-0.3, -0.25) is 4.98 Å². The number of benzene rings is 1. The number of ether oxygens (including phenoxy) is 2. The number of aromatic nitrogens is 1. The molecule has 2 heterocycles. The number of urea groups is 1. The Morgan fingerprint density at radius 3 is 2.59 bits per heavy atom. The predicted molar refractivity (Wildman–Crippen MR) is 101 cm³/mol. The molecule has 0 atom stereocenters. The Bertz CT molecular complexity index is 845. The van der Waals surface area contributed by atoms with Crippen LogP contribution < -0.4 is 14.8 Å². The van der Waals surface area contributed by atoms with Crippen molar-refractivity contribution in [3.63, 3.8) is 0 Å². The van der Waals surface area contributed by atoms with Crippen molar-refractivity contribution in [2.75, 3.05) is 5.32 Å². The van der Waals surface area contributed by atoms with E-state index in [1.807, 2.05) is 35.2 Å². The fourth-order valence-electron chi connectivity index (χ4n) is 3.92. The van der Waals surface area contributed by atoms with Gasteiger partial charge in [-0.05, 0) is 55.5 Å². The van der Waals surface area contributed by atoms with Gasteiger partial charge in [-0.2, -0.15) is 0 Å². The standard InChI is InChI=1S/C21H23N3O3/c25-20(24(17-4-5-17)14-15-7-11-22-12-8-15)23-16-3-6-18-19(13-16)27-21(26-18)9-1-2-10-21/h3,6-8,11-13,17H,1-2,4-5,9-10,14H2,(H,23,25). The molecule has 5 rings (SSSR count). The SMILES string of the molecule is O=C(Nc1ccc2c(c1)OC1(CCCC1)O2)N(Cc1ccncc1)C1CC1. The van der Waals surface area contributed by atoms with Gasteiger partial charge in [0.05, 0.1) is 0 Å². The molecule has 1 spiro atoms. The maximum absolute atomic E-state index is 12.9.